The molecular formula is C26H28N2O4S. The molecule has 172 valence electrons. The van der Waals surface area contributed by atoms with Crippen LogP contribution in [-0.2, 0) is 21.4 Å². The predicted molar refractivity (Wildman–Crippen MR) is 128 cm³/mol. The molecule has 0 unspecified atom stereocenters. The molecule has 0 saturated carbocycles. The highest BCUT2D eigenvalue weighted by Gasteiger charge is 2.33. The summed E-state index contributed by atoms with van der Waals surface area (Å²) < 4.78 is 27.5. The Morgan fingerprint density at radius 2 is 1.64 bits per heavy atom. The van der Waals surface area contributed by atoms with Crippen LogP contribution in [0.25, 0.3) is 10.8 Å². The van der Waals surface area contributed by atoms with Gasteiger partial charge in [-0.05, 0) is 54.3 Å². The van der Waals surface area contributed by atoms with Crippen molar-refractivity contribution < 1.29 is 18.0 Å². The molecule has 6 nitrogen and oxygen atoms in total. The van der Waals surface area contributed by atoms with E-state index in [1.165, 1.54) is 23.4 Å². The summed E-state index contributed by atoms with van der Waals surface area (Å²) in [6, 6.07) is 20.5. The fourth-order valence-corrected chi connectivity index (χ4v) is 5.88. The minimum Gasteiger partial charge on any atom is -0.341 e. The van der Waals surface area contributed by atoms with Crippen LogP contribution >= 0.6 is 0 Å². The van der Waals surface area contributed by atoms with Crippen molar-refractivity contribution in [3.8, 4) is 0 Å². The van der Waals surface area contributed by atoms with Crippen molar-refractivity contribution in [2.24, 2.45) is 5.92 Å². The Kier molecular flexibility index (Phi) is 6.63. The van der Waals surface area contributed by atoms with Crippen LogP contribution in [0.4, 0.5) is 0 Å². The molecule has 1 fully saturated rings. The van der Waals surface area contributed by atoms with Crippen LogP contribution in [-0.4, -0.2) is 49.5 Å². The molecule has 1 aliphatic heterocycles. The average Bonchev–Trinajstić information content (AvgIpc) is 2.83. The second-order valence-corrected chi connectivity index (χ2v) is 10.6. The van der Waals surface area contributed by atoms with Crippen LogP contribution in [0, 0.1) is 5.92 Å². The molecule has 3 aromatic carbocycles. The number of benzene rings is 3. The van der Waals surface area contributed by atoms with Crippen LogP contribution < -0.4 is 0 Å². The first-order valence-electron chi connectivity index (χ1n) is 11.1. The van der Waals surface area contributed by atoms with E-state index in [1.807, 2.05) is 18.2 Å². The number of amides is 1. The zero-order valence-electron chi connectivity index (χ0n) is 18.9. The Labute approximate surface area is 194 Å². The van der Waals surface area contributed by atoms with Gasteiger partial charge >= 0.3 is 0 Å². The van der Waals surface area contributed by atoms with Gasteiger partial charge < -0.3 is 4.90 Å². The summed E-state index contributed by atoms with van der Waals surface area (Å²) in [7, 11) is -1.90. The monoisotopic (exact) mass is 464 g/mol. The van der Waals surface area contributed by atoms with E-state index in [2.05, 4.69) is 24.3 Å². The molecule has 0 bridgehead atoms. The smallest absolute Gasteiger partial charge is 0.243 e. The highest BCUT2D eigenvalue weighted by Crippen LogP contribution is 2.26. The van der Waals surface area contributed by atoms with E-state index >= 15 is 0 Å². The van der Waals surface area contributed by atoms with E-state index in [1.54, 1.807) is 24.1 Å². The highest BCUT2D eigenvalue weighted by molar-refractivity contribution is 7.89. The number of Topliss-reactive ketones (excluding diaryl/α,β-unsaturated/α-hetero) is 1. The summed E-state index contributed by atoms with van der Waals surface area (Å²) in [5.41, 5.74) is 1.44. The lowest BCUT2D eigenvalue weighted by Gasteiger charge is -2.32. The van der Waals surface area contributed by atoms with Crippen molar-refractivity contribution in [1.29, 1.82) is 0 Å². The summed E-state index contributed by atoms with van der Waals surface area (Å²) >= 11 is 0. The molecule has 0 N–H and O–H groups in total. The molecule has 0 aliphatic carbocycles. The molecule has 33 heavy (non-hydrogen) atoms. The normalized spacial score (nSPS) is 15.5. The van der Waals surface area contributed by atoms with Crippen molar-refractivity contribution >= 4 is 32.5 Å². The summed E-state index contributed by atoms with van der Waals surface area (Å²) in [6.45, 7) is 2.50. The third kappa shape index (κ3) is 4.99. The largest absolute Gasteiger partial charge is 0.341 e. The highest BCUT2D eigenvalue weighted by atomic mass is 32.2. The van der Waals surface area contributed by atoms with Gasteiger partial charge in [0.1, 0.15) is 0 Å². The number of piperidine rings is 1. The summed E-state index contributed by atoms with van der Waals surface area (Å²) in [5, 5.41) is 2.31. The summed E-state index contributed by atoms with van der Waals surface area (Å²) in [6.07, 6.45) is 0.957. The van der Waals surface area contributed by atoms with Gasteiger partial charge in [-0.15, -0.1) is 0 Å². The third-order valence-electron chi connectivity index (χ3n) is 6.29. The van der Waals surface area contributed by atoms with E-state index < -0.39 is 10.0 Å². The molecule has 1 heterocycles. The number of sulfonamides is 1. The Bertz CT molecular complexity index is 1290. The van der Waals surface area contributed by atoms with Crippen molar-refractivity contribution in [2.45, 2.75) is 31.2 Å². The number of carbonyl (C=O) groups excluding carboxylic acids is 2. The first-order valence-corrected chi connectivity index (χ1v) is 12.5. The van der Waals surface area contributed by atoms with E-state index in [4.69, 9.17) is 0 Å². The molecule has 1 saturated heterocycles. The molecule has 3 aromatic rings. The van der Waals surface area contributed by atoms with Crippen LogP contribution in [0.15, 0.2) is 71.6 Å². The van der Waals surface area contributed by atoms with Crippen LogP contribution in [0.3, 0.4) is 0 Å². The maximum Gasteiger partial charge on any atom is 0.243 e. The molecule has 1 amide bonds. The van der Waals surface area contributed by atoms with Crippen LogP contribution in [0.1, 0.15) is 35.7 Å². The van der Waals surface area contributed by atoms with Gasteiger partial charge in [0.05, 0.1) is 4.90 Å². The van der Waals surface area contributed by atoms with Crippen molar-refractivity contribution in [2.75, 3.05) is 20.1 Å². The van der Waals surface area contributed by atoms with Gasteiger partial charge in [-0.3, -0.25) is 9.59 Å². The molecule has 7 heteroatoms. The summed E-state index contributed by atoms with van der Waals surface area (Å²) in [4.78, 5) is 26.5. The van der Waals surface area contributed by atoms with Crippen LogP contribution in [0.2, 0.25) is 0 Å². The summed E-state index contributed by atoms with van der Waals surface area (Å²) in [5.74, 6) is -0.338. The predicted octanol–water partition coefficient (Wildman–Crippen LogP) is 4.10. The minimum atomic E-state index is -3.70. The number of carbonyl (C=O) groups is 2. The zero-order valence-corrected chi connectivity index (χ0v) is 19.7. The Morgan fingerprint density at radius 3 is 2.33 bits per heavy atom. The van der Waals surface area contributed by atoms with E-state index in [9.17, 15) is 18.0 Å². The average molecular weight is 465 g/mol. The van der Waals surface area contributed by atoms with Gasteiger partial charge in [-0.2, -0.15) is 4.31 Å². The van der Waals surface area contributed by atoms with Crippen LogP contribution in [0.5, 0.6) is 0 Å². The van der Waals surface area contributed by atoms with Gasteiger partial charge in [0.15, 0.2) is 5.78 Å². The number of fused-ring (bicyclic) bond motifs is 1. The maximum atomic E-state index is 13.0. The number of hydrogen-bond acceptors (Lipinski definition) is 4. The Morgan fingerprint density at radius 1 is 0.939 bits per heavy atom. The lowest BCUT2D eigenvalue weighted by atomic mass is 9.96. The molecular weight excluding hydrogens is 436 g/mol. The number of ketones is 1. The second-order valence-electron chi connectivity index (χ2n) is 8.64. The van der Waals surface area contributed by atoms with Gasteiger partial charge in [0.2, 0.25) is 15.9 Å². The quantitative estimate of drug-likeness (QED) is 0.515. The molecule has 1 aliphatic rings. The lowest BCUT2D eigenvalue weighted by Crippen LogP contribution is -2.43. The Balaban J connectivity index is 1.38. The standard InChI is InChI=1S/C26H28N2O4S/c1-19(29)23-8-5-9-25(17-23)33(31,32)28-14-12-22(13-15-28)26(30)27(2)18-20-10-11-21-6-3-4-7-24(21)16-20/h3-11,16-17,22H,12-15,18H2,1-2H3. The molecule has 0 aromatic heterocycles. The van der Waals surface area contributed by atoms with Crippen molar-refractivity contribution in [3.05, 3.63) is 77.9 Å². The van der Waals surface area contributed by atoms with E-state index in [0.717, 1.165) is 16.3 Å². The fourth-order valence-electron chi connectivity index (χ4n) is 4.37. The zero-order chi connectivity index (χ0) is 23.6. The fraction of sp³-hybridized carbons (Fsp3) is 0.308. The molecule has 0 spiro atoms. The molecule has 0 radical (unpaired) electrons. The first-order chi connectivity index (χ1) is 15.8. The molecule has 4 rings (SSSR count). The van der Waals surface area contributed by atoms with Gasteiger partial charge in [-0.25, -0.2) is 8.42 Å². The van der Waals surface area contributed by atoms with E-state index in [-0.39, 0.29) is 35.6 Å². The topological polar surface area (TPSA) is 74.8 Å². The minimum absolute atomic E-state index is 0.0405. The van der Waals surface area contributed by atoms with Gasteiger partial charge in [0.25, 0.3) is 0 Å². The van der Waals surface area contributed by atoms with Crippen molar-refractivity contribution in [1.82, 2.24) is 9.21 Å². The molecule has 0 atom stereocenters. The second kappa shape index (κ2) is 9.45. The number of rotatable bonds is 6. The Hall–Kier alpha value is -3.03. The SMILES string of the molecule is CC(=O)c1cccc(S(=O)(=O)N2CCC(C(=O)N(C)Cc3ccc4ccccc4c3)CC2)c1. The third-order valence-corrected chi connectivity index (χ3v) is 8.19. The van der Waals surface area contributed by atoms with E-state index in [0.29, 0.717) is 24.9 Å². The maximum absolute atomic E-state index is 13.0. The van der Waals surface area contributed by atoms with Gasteiger partial charge in [-0.1, -0.05) is 48.5 Å². The lowest BCUT2D eigenvalue weighted by molar-refractivity contribution is -0.135. The van der Waals surface area contributed by atoms with Gasteiger partial charge in [0, 0.05) is 38.2 Å². The first kappa shape index (κ1) is 23.1. The number of nitrogens with zero attached hydrogens (tertiary/aromatic N) is 2. The number of hydrogen-bond donors (Lipinski definition) is 0. The van der Waals surface area contributed by atoms with Crippen molar-refractivity contribution in [3.63, 3.8) is 0 Å².